The maximum atomic E-state index is 13.3. The van der Waals surface area contributed by atoms with Gasteiger partial charge in [0, 0.05) is 43.3 Å². The van der Waals surface area contributed by atoms with Gasteiger partial charge in [-0.25, -0.2) is 9.78 Å². The number of nitrogens with zero attached hydrogens (tertiary/aromatic N) is 5. The summed E-state index contributed by atoms with van der Waals surface area (Å²) < 4.78 is 17.4. The molecule has 5 heterocycles. The van der Waals surface area contributed by atoms with Crippen molar-refractivity contribution in [3.63, 3.8) is 0 Å². The van der Waals surface area contributed by atoms with Gasteiger partial charge >= 0.3 is 6.09 Å². The molecule has 3 fully saturated rings. The third-order valence-electron chi connectivity index (χ3n) is 7.04. The summed E-state index contributed by atoms with van der Waals surface area (Å²) >= 11 is 1.49. The first kappa shape index (κ1) is 24.2. The van der Waals surface area contributed by atoms with Gasteiger partial charge in [0.25, 0.3) is 11.9 Å². The molecule has 196 valence electrons. The summed E-state index contributed by atoms with van der Waals surface area (Å²) in [7, 11) is 0. The Morgan fingerprint density at radius 1 is 1.11 bits per heavy atom. The highest BCUT2D eigenvalue weighted by molar-refractivity contribution is 7.13. The minimum absolute atomic E-state index is 0.0421. The van der Waals surface area contributed by atoms with E-state index in [4.69, 9.17) is 18.9 Å². The molecule has 2 bridgehead atoms. The summed E-state index contributed by atoms with van der Waals surface area (Å²) in [5.41, 5.74) is 2.04. The number of thiazole rings is 1. The number of hydrogen-bond donors (Lipinski definition) is 0. The van der Waals surface area contributed by atoms with Crippen LogP contribution in [0, 0.1) is 0 Å². The third kappa shape index (κ3) is 4.66. The number of carbonyl (C=O) groups is 2. The monoisotopic (exact) mass is 525 g/mol. The third-order valence-corrected chi connectivity index (χ3v) is 7.85. The molecule has 0 spiro atoms. The first-order valence-electron chi connectivity index (χ1n) is 12.7. The second kappa shape index (κ2) is 9.29. The molecule has 3 aliphatic rings. The topological polar surface area (TPSA) is 101 Å². The number of oxazole rings is 1. The summed E-state index contributed by atoms with van der Waals surface area (Å²) in [4.78, 5) is 41.3. The average molecular weight is 526 g/mol. The van der Waals surface area contributed by atoms with E-state index in [9.17, 15) is 9.59 Å². The van der Waals surface area contributed by atoms with Crippen molar-refractivity contribution in [2.75, 3.05) is 44.3 Å². The van der Waals surface area contributed by atoms with Crippen LogP contribution >= 0.6 is 11.3 Å². The summed E-state index contributed by atoms with van der Waals surface area (Å²) in [5.74, 6) is -0.0448. The van der Waals surface area contributed by atoms with Crippen molar-refractivity contribution >= 4 is 40.5 Å². The molecule has 3 aromatic rings. The van der Waals surface area contributed by atoms with Crippen molar-refractivity contribution in [1.82, 2.24) is 19.8 Å². The second-order valence-electron chi connectivity index (χ2n) is 10.8. The summed E-state index contributed by atoms with van der Waals surface area (Å²) in [6.45, 7) is 9.12. The Balaban J connectivity index is 1.31. The highest BCUT2D eigenvalue weighted by Gasteiger charge is 2.45. The molecule has 0 radical (unpaired) electrons. The van der Waals surface area contributed by atoms with Crippen LogP contribution in [0.2, 0.25) is 0 Å². The molecule has 2 aromatic heterocycles. The fourth-order valence-corrected chi connectivity index (χ4v) is 6.07. The molecule has 10 nitrogen and oxygen atoms in total. The van der Waals surface area contributed by atoms with E-state index in [0.29, 0.717) is 62.1 Å². The molecule has 2 unspecified atom stereocenters. The average Bonchev–Trinajstić information content (AvgIpc) is 3.60. The Kier molecular flexibility index (Phi) is 6.07. The number of anilines is 1. The lowest BCUT2D eigenvalue weighted by atomic mass is 10.1. The Bertz CT molecular complexity index is 1300. The molecular weight excluding hydrogens is 494 g/mol. The number of fused-ring (bicyclic) bond motifs is 3. The number of hydrogen-bond acceptors (Lipinski definition) is 9. The van der Waals surface area contributed by atoms with Gasteiger partial charge in [-0.3, -0.25) is 9.69 Å². The fraction of sp³-hybridized carbons (Fsp3) is 0.538. The molecule has 0 aliphatic carbocycles. The largest absolute Gasteiger partial charge is 0.444 e. The molecule has 0 saturated carbocycles. The molecule has 3 saturated heterocycles. The maximum absolute atomic E-state index is 13.3. The van der Waals surface area contributed by atoms with Gasteiger partial charge in [-0.15, -0.1) is 11.3 Å². The number of piperazine rings is 1. The van der Waals surface area contributed by atoms with E-state index in [1.807, 2.05) is 48.1 Å². The Morgan fingerprint density at radius 3 is 2.49 bits per heavy atom. The number of carbonyl (C=O) groups excluding carboxylic acids is 2. The van der Waals surface area contributed by atoms with Crippen LogP contribution in [0.3, 0.4) is 0 Å². The van der Waals surface area contributed by atoms with Gasteiger partial charge in [0.1, 0.15) is 16.1 Å². The van der Waals surface area contributed by atoms with Crippen LogP contribution in [0.5, 0.6) is 0 Å². The van der Waals surface area contributed by atoms with E-state index < -0.39 is 5.60 Å². The summed E-state index contributed by atoms with van der Waals surface area (Å²) in [6, 6.07) is 4.26. The van der Waals surface area contributed by atoms with E-state index in [1.54, 1.807) is 6.20 Å². The van der Waals surface area contributed by atoms with Crippen molar-refractivity contribution in [2.45, 2.75) is 51.3 Å². The lowest BCUT2D eigenvalue weighted by Gasteiger charge is -2.40. The van der Waals surface area contributed by atoms with Gasteiger partial charge in [0.2, 0.25) is 0 Å². The standard InChI is InChI=1S/C26H31N5O5S/c1-26(2,3)36-25(33)31-17-4-5-18(31)15-30(14-17)24-28-20-13-16(23(32)29-7-9-34-10-8-29)12-19(21(20)35-24)22-27-6-11-37-22/h6,11-13,17-18H,4-5,7-10,14-15H2,1-3H3. The van der Waals surface area contributed by atoms with Crippen molar-refractivity contribution < 1.29 is 23.5 Å². The number of rotatable bonds is 3. The number of aromatic nitrogens is 2. The predicted octanol–water partition coefficient (Wildman–Crippen LogP) is 4.01. The lowest BCUT2D eigenvalue weighted by molar-refractivity contribution is 0.0120. The zero-order chi connectivity index (χ0) is 25.7. The van der Waals surface area contributed by atoms with Crippen LogP contribution in [-0.4, -0.2) is 88.8 Å². The van der Waals surface area contributed by atoms with Crippen LogP contribution in [0.25, 0.3) is 21.7 Å². The molecule has 2 amide bonds. The molecule has 1 aromatic carbocycles. The number of ether oxygens (including phenoxy) is 2. The normalized spacial score (nSPS) is 22.1. The first-order chi connectivity index (χ1) is 17.8. The summed E-state index contributed by atoms with van der Waals surface area (Å²) in [6.07, 6.45) is 3.33. The van der Waals surface area contributed by atoms with Crippen molar-refractivity contribution in [2.24, 2.45) is 0 Å². The van der Waals surface area contributed by atoms with Gasteiger partial charge in [0.15, 0.2) is 5.58 Å². The molecule has 11 heteroatoms. The van der Waals surface area contributed by atoms with Crippen LogP contribution < -0.4 is 4.90 Å². The lowest BCUT2D eigenvalue weighted by Crippen LogP contribution is -2.56. The fourth-order valence-electron chi connectivity index (χ4n) is 5.42. The van der Waals surface area contributed by atoms with E-state index in [-0.39, 0.29) is 24.1 Å². The highest BCUT2D eigenvalue weighted by Crippen LogP contribution is 2.38. The zero-order valence-electron chi connectivity index (χ0n) is 21.3. The molecule has 6 rings (SSSR count). The van der Waals surface area contributed by atoms with Crippen LogP contribution in [0.1, 0.15) is 44.0 Å². The smallest absolute Gasteiger partial charge is 0.410 e. The van der Waals surface area contributed by atoms with Crippen LogP contribution in [0.15, 0.2) is 28.1 Å². The Labute approximate surface area is 219 Å². The number of amides is 2. The minimum atomic E-state index is -0.531. The van der Waals surface area contributed by atoms with Crippen molar-refractivity contribution in [3.8, 4) is 10.6 Å². The summed E-state index contributed by atoms with van der Waals surface area (Å²) in [5, 5.41) is 2.68. The predicted molar refractivity (Wildman–Crippen MR) is 139 cm³/mol. The van der Waals surface area contributed by atoms with Gasteiger partial charge in [-0.2, -0.15) is 4.98 Å². The minimum Gasteiger partial charge on any atom is -0.444 e. The van der Waals surface area contributed by atoms with Gasteiger partial charge in [-0.1, -0.05) is 0 Å². The molecule has 37 heavy (non-hydrogen) atoms. The van der Waals surface area contributed by atoms with Crippen molar-refractivity contribution in [1.29, 1.82) is 0 Å². The van der Waals surface area contributed by atoms with E-state index in [0.717, 1.165) is 23.4 Å². The number of morpholine rings is 1. The molecule has 2 atom stereocenters. The Morgan fingerprint density at radius 2 is 1.84 bits per heavy atom. The number of benzene rings is 1. The van der Waals surface area contributed by atoms with Crippen molar-refractivity contribution in [3.05, 3.63) is 29.3 Å². The maximum Gasteiger partial charge on any atom is 0.410 e. The van der Waals surface area contributed by atoms with Crippen LogP contribution in [0.4, 0.5) is 10.8 Å². The SMILES string of the molecule is CC(C)(C)OC(=O)N1C2CCC1CN(c1nc3cc(C(=O)N4CCOCC4)cc(-c4nccs4)c3o1)C2. The zero-order valence-corrected chi connectivity index (χ0v) is 22.1. The molecular formula is C26H31N5O5S. The van der Waals surface area contributed by atoms with Gasteiger partial charge in [-0.05, 0) is 45.7 Å². The van der Waals surface area contributed by atoms with E-state index in [1.165, 1.54) is 11.3 Å². The molecule has 3 aliphatic heterocycles. The second-order valence-corrected chi connectivity index (χ2v) is 11.7. The van der Waals surface area contributed by atoms with E-state index >= 15 is 0 Å². The van der Waals surface area contributed by atoms with Crippen LogP contribution in [-0.2, 0) is 9.47 Å². The van der Waals surface area contributed by atoms with Gasteiger partial charge < -0.3 is 23.7 Å². The molecule has 0 N–H and O–H groups in total. The highest BCUT2D eigenvalue weighted by atomic mass is 32.1. The van der Waals surface area contributed by atoms with E-state index in [2.05, 4.69) is 9.88 Å². The quantitative estimate of drug-likeness (QED) is 0.506. The Hall–Kier alpha value is -3.18. The first-order valence-corrected chi connectivity index (χ1v) is 13.6. The van der Waals surface area contributed by atoms with Gasteiger partial charge in [0.05, 0.1) is 30.9 Å².